The molecule has 0 radical (unpaired) electrons. The second-order valence-electron chi connectivity index (χ2n) is 5.82. The number of hydrogen-bond donors (Lipinski definition) is 3. The number of halogens is 2. The Morgan fingerprint density at radius 3 is 2.25 bits per heavy atom. The number of nitrogens with one attached hydrogen (secondary N) is 3. The van der Waals surface area contributed by atoms with Crippen LogP contribution in [0.25, 0.3) is 0 Å². The van der Waals surface area contributed by atoms with Crippen molar-refractivity contribution in [1.82, 2.24) is 16.0 Å². The molecule has 152 valence electrons. The molecule has 0 saturated heterocycles. The fourth-order valence-corrected chi connectivity index (χ4v) is 2.61. The van der Waals surface area contributed by atoms with E-state index in [4.69, 9.17) is 4.74 Å². The molecule has 0 spiro atoms. The molecule has 0 bridgehead atoms. The first kappa shape index (κ1) is 24.2. The van der Waals surface area contributed by atoms with Crippen molar-refractivity contribution >= 4 is 51.8 Å². The third-order valence-electron chi connectivity index (χ3n) is 3.88. The molecule has 0 aromatic heterocycles. The van der Waals surface area contributed by atoms with E-state index in [0.717, 1.165) is 28.2 Å². The van der Waals surface area contributed by atoms with Crippen molar-refractivity contribution in [3.63, 3.8) is 0 Å². The molecule has 8 heteroatoms. The number of carbonyl (C=O) groups is 1. The zero-order chi connectivity index (χ0) is 19.5. The maximum atomic E-state index is 12.0. The zero-order valence-corrected chi connectivity index (χ0v) is 19.9. The van der Waals surface area contributed by atoms with Gasteiger partial charge in [-0.05, 0) is 48.4 Å². The highest BCUT2D eigenvalue weighted by Gasteiger charge is 2.04. The topological polar surface area (TPSA) is 74.8 Å². The first-order valence-corrected chi connectivity index (χ1v) is 9.53. The number of rotatable bonds is 8. The molecule has 28 heavy (non-hydrogen) atoms. The Hall–Kier alpha value is -1.81. The third-order valence-corrected chi connectivity index (χ3v) is 4.41. The van der Waals surface area contributed by atoms with Crippen LogP contribution in [0.3, 0.4) is 0 Å². The molecule has 0 saturated carbocycles. The van der Waals surface area contributed by atoms with Crippen molar-refractivity contribution < 1.29 is 9.53 Å². The lowest BCUT2D eigenvalue weighted by atomic mass is 10.2. The van der Waals surface area contributed by atoms with E-state index in [9.17, 15) is 4.79 Å². The number of hydrogen-bond acceptors (Lipinski definition) is 3. The molecule has 0 heterocycles. The highest BCUT2D eigenvalue weighted by molar-refractivity contribution is 14.0. The zero-order valence-electron chi connectivity index (χ0n) is 16.0. The molecule has 1 amide bonds. The Balaban J connectivity index is 0.00000392. The molecule has 0 unspecified atom stereocenters. The molecule has 0 aliphatic rings. The van der Waals surface area contributed by atoms with Crippen LogP contribution in [0.15, 0.2) is 58.0 Å². The number of aliphatic imine (C=N–C) groups is 1. The summed E-state index contributed by atoms with van der Waals surface area (Å²) in [7, 11) is 3.39. The number of ether oxygens (including phenoxy) is 1. The quantitative estimate of drug-likeness (QED) is 0.200. The minimum absolute atomic E-state index is 0. The second kappa shape index (κ2) is 13.4. The maximum Gasteiger partial charge on any atom is 0.251 e. The number of nitrogens with zero attached hydrogens (tertiary/aromatic N) is 1. The summed E-state index contributed by atoms with van der Waals surface area (Å²) in [6.45, 7) is 1.98. The van der Waals surface area contributed by atoms with Gasteiger partial charge in [0, 0.05) is 36.7 Å². The summed E-state index contributed by atoms with van der Waals surface area (Å²) >= 11 is 3.36. The molecular weight excluding hydrogens is 535 g/mol. The van der Waals surface area contributed by atoms with Gasteiger partial charge in [-0.25, -0.2) is 0 Å². The fourth-order valence-electron chi connectivity index (χ4n) is 2.35. The van der Waals surface area contributed by atoms with Crippen LogP contribution in [0, 0.1) is 0 Å². The van der Waals surface area contributed by atoms with Crippen molar-refractivity contribution in [3.05, 3.63) is 64.1 Å². The van der Waals surface area contributed by atoms with Gasteiger partial charge in [0.15, 0.2) is 5.96 Å². The van der Waals surface area contributed by atoms with Gasteiger partial charge in [0.2, 0.25) is 0 Å². The summed E-state index contributed by atoms with van der Waals surface area (Å²) in [6, 6.07) is 15.2. The van der Waals surface area contributed by atoms with E-state index < -0.39 is 0 Å². The van der Waals surface area contributed by atoms with Crippen LogP contribution >= 0.6 is 39.9 Å². The highest BCUT2D eigenvalue weighted by atomic mass is 127. The van der Waals surface area contributed by atoms with Gasteiger partial charge in [0.05, 0.1) is 7.11 Å². The van der Waals surface area contributed by atoms with E-state index in [2.05, 4.69) is 36.9 Å². The summed E-state index contributed by atoms with van der Waals surface area (Å²) < 4.78 is 6.11. The van der Waals surface area contributed by atoms with E-state index in [0.29, 0.717) is 25.2 Å². The number of methoxy groups -OCH3 is 1. The Labute approximate surface area is 191 Å². The van der Waals surface area contributed by atoms with Gasteiger partial charge >= 0.3 is 0 Å². The van der Waals surface area contributed by atoms with Crippen LogP contribution in [0.1, 0.15) is 22.3 Å². The smallest absolute Gasteiger partial charge is 0.251 e. The number of guanidine groups is 1. The first-order valence-electron chi connectivity index (χ1n) is 8.73. The summed E-state index contributed by atoms with van der Waals surface area (Å²) in [6.07, 6.45) is 0.797. The lowest BCUT2D eigenvalue weighted by Gasteiger charge is -2.12. The van der Waals surface area contributed by atoms with E-state index in [1.54, 1.807) is 26.3 Å². The summed E-state index contributed by atoms with van der Waals surface area (Å²) in [5, 5.41) is 9.41. The van der Waals surface area contributed by atoms with Crippen LogP contribution in [0.4, 0.5) is 0 Å². The van der Waals surface area contributed by atoms with Crippen LogP contribution in [0.2, 0.25) is 0 Å². The van der Waals surface area contributed by atoms with E-state index in [1.807, 2.05) is 36.4 Å². The fraction of sp³-hybridized carbons (Fsp3) is 0.300. The average molecular weight is 561 g/mol. The minimum atomic E-state index is -0.0653. The van der Waals surface area contributed by atoms with Crippen LogP contribution < -0.4 is 20.7 Å². The number of benzene rings is 2. The van der Waals surface area contributed by atoms with E-state index in [1.165, 1.54) is 0 Å². The molecule has 2 rings (SSSR count). The van der Waals surface area contributed by atoms with Gasteiger partial charge in [0.25, 0.3) is 5.91 Å². The Morgan fingerprint density at radius 1 is 1.00 bits per heavy atom. The largest absolute Gasteiger partial charge is 0.497 e. The lowest BCUT2D eigenvalue weighted by Crippen LogP contribution is -2.38. The molecule has 2 aromatic carbocycles. The Bertz CT molecular complexity index is 752. The summed E-state index contributed by atoms with van der Waals surface area (Å²) in [5.74, 6) is 1.50. The molecular formula is C20H26BrIN4O2. The Kier molecular flexibility index (Phi) is 11.6. The molecule has 3 N–H and O–H groups in total. The monoisotopic (exact) mass is 560 g/mol. The predicted molar refractivity (Wildman–Crippen MR) is 128 cm³/mol. The van der Waals surface area contributed by atoms with Gasteiger partial charge in [-0.3, -0.25) is 9.79 Å². The molecule has 0 aliphatic carbocycles. The molecule has 6 nitrogen and oxygen atoms in total. The van der Waals surface area contributed by atoms with E-state index >= 15 is 0 Å². The van der Waals surface area contributed by atoms with Gasteiger partial charge in [-0.2, -0.15) is 0 Å². The first-order chi connectivity index (χ1) is 13.1. The van der Waals surface area contributed by atoms with Crippen LogP contribution in [-0.2, 0) is 6.54 Å². The summed E-state index contributed by atoms with van der Waals surface area (Å²) in [5.41, 5.74) is 1.80. The lowest BCUT2D eigenvalue weighted by molar-refractivity contribution is 0.0953. The average Bonchev–Trinajstić information content (AvgIpc) is 2.70. The minimum Gasteiger partial charge on any atom is -0.497 e. The van der Waals surface area contributed by atoms with Gasteiger partial charge in [-0.15, -0.1) is 24.0 Å². The number of carbonyl (C=O) groups excluding carboxylic acids is 1. The van der Waals surface area contributed by atoms with E-state index in [-0.39, 0.29) is 29.9 Å². The van der Waals surface area contributed by atoms with Gasteiger partial charge in [-0.1, -0.05) is 28.1 Å². The molecule has 2 aromatic rings. The van der Waals surface area contributed by atoms with Crippen LogP contribution in [0.5, 0.6) is 5.75 Å². The van der Waals surface area contributed by atoms with Gasteiger partial charge < -0.3 is 20.7 Å². The second-order valence-corrected chi connectivity index (χ2v) is 6.73. The van der Waals surface area contributed by atoms with Gasteiger partial charge in [0.1, 0.15) is 5.75 Å². The van der Waals surface area contributed by atoms with Crippen molar-refractivity contribution in [1.29, 1.82) is 0 Å². The third kappa shape index (κ3) is 8.47. The maximum absolute atomic E-state index is 12.0. The number of amides is 1. The van der Waals surface area contributed by atoms with Crippen LogP contribution in [-0.4, -0.2) is 39.1 Å². The normalized spacial score (nSPS) is 10.6. The molecule has 0 fully saturated rings. The predicted octanol–water partition coefficient (Wildman–Crippen LogP) is 3.56. The molecule has 0 atom stereocenters. The van der Waals surface area contributed by atoms with Crippen molar-refractivity contribution in [3.8, 4) is 5.75 Å². The SMILES string of the molecule is CN=C(NCCCNC(=O)c1ccc(Br)cc1)NCc1ccc(OC)cc1.I. The van der Waals surface area contributed by atoms with Crippen molar-refractivity contribution in [2.24, 2.45) is 4.99 Å². The Morgan fingerprint density at radius 2 is 1.64 bits per heavy atom. The standard InChI is InChI=1S/C20H25BrN4O2.HI/c1-22-20(25-14-15-4-10-18(27-2)11-5-15)24-13-3-12-23-19(26)16-6-8-17(21)9-7-16;/h4-11H,3,12-14H2,1-2H3,(H,23,26)(H2,22,24,25);1H. The highest BCUT2D eigenvalue weighted by Crippen LogP contribution is 2.11. The molecule has 0 aliphatic heterocycles. The van der Waals surface area contributed by atoms with Crippen molar-refractivity contribution in [2.45, 2.75) is 13.0 Å². The summed E-state index contributed by atoms with van der Waals surface area (Å²) in [4.78, 5) is 16.2. The van der Waals surface area contributed by atoms with Crippen molar-refractivity contribution in [2.75, 3.05) is 27.2 Å².